The monoisotopic (exact) mass is 312 g/mol. The van der Waals surface area contributed by atoms with E-state index < -0.39 is 24.0 Å². The van der Waals surface area contributed by atoms with E-state index in [0.29, 0.717) is 0 Å². The fourth-order valence-corrected chi connectivity index (χ4v) is 1.49. The molecule has 1 heterocycles. The number of aromatic nitrogens is 1. The van der Waals surface area contributed by atoms with E-state index in [1.54, 1.807) is 19.2 Å². The number of nitrogens with two attached hydrogens (primary N) is 1. The van der Waals surface area contributed by atoms with Gasteiger partial charge in [0, 0.05) is 6.20 Å². The third-order valence-corrected chi connectivity index (χ3v) is 2.27. The maximum absolute atomic E-state index is 11.8. The number of rotatable bonds is 5. The molecule has 0 spiro atoms. The first-order valence-electron chi connectivity index (χ1n) is 6.33. The molecule has 0 bridgehead atoms. The second kappa shape index (κ2) is 7.67. The van der Waals surface area contributed by atoms with Crippen LogP contribution in [0.3, 0.4) is 0 Å². The maximum atomic E-state index is 11.8. The Morgan fingerprint density at radius 2 is 1.73 bits per heavy atom. The zero-order valence-corrected chi connectivity index (χ0v) is 12.0. The van der Waals surface area contributed by atoms with Crippen molar-refractivity contribution in [2.24, 2.45) is 5.73 Å². The number of esters is 2. The minimum absolute atomic E-state index is 0.0317. The van der Waals surface area contributed by atoms with Crippen molar-refractivity contribution in [3.05, 3.63) is 23.5 Å². The van der Waals surface area contributed by atoms with Crippen molar-refractivity contribution < 1.29 is 28.7 Å². The molecular formula is C12H16N4O6. The lowest BCUT2D eigenvalue weighted by molar-refractivity contribution is 0.0514. The smallest absolute Gasteiger partial charge is 0.356 e. The third-order valence-electron chi connectivity index (χ3n) is 2.27. The molecule has 10 heteroatoms. The lowest BCUT2D eigenvalue weighted by Gasteiger charge is -2.09. The van der Waals surface area contributed by atoms with Crippen LogP contribution in [0.25, 0.3) is 0 Å². The molecule has 1 aromatic rings. The topological polar surface area (TPSA) is 142 Å². The van der Waals surface area contributed by atoms with Crippen LogP contribution in [0.2, 0.25) is 0 Å². The van der Waals surface area contributed by atoms with E-state index in [1.165, 1.54) is 6.07 Å². The lowest BCUT2D eigenvalue weighted by atomic mass is 10.3. The number of hydrogen-bond donors (Lipinski definition) is 3. The van der Waals surface area contributed by atoms with E-state index in [-0.39, 0.29) is 24.5 Å². The molecule has 0 aliphatic carbocycles. The van der Waals surface area contributed by atoms with Crippen LogP contribution in [0.1, 0.15) is 34.7 Å². The van der Waals surface area contributed by atoms with Crippen LogP contribution in [0.15, 0.2) is 12.3 Å². The number of primary amides is 1. The van der Waals surface area contributed by atoms with Crippen LogP contribution in [-0.4, -0.2) is 41.9 Å². The van der Waals surface area contributed by atoms with Crippen molar-refractivity contribution in [3.63, 3.8) is 0 Å². The number of amides is 4. The average molecular weight is 312 g/mol. The molecule has 4 N–H and O–H groups in total. The van der Waals surface area contributed by atoms with Gasteiger partial charge in [-0.25, -0.2) is 24.6 Å². The molecule has 0 aliphatic rings. The van der Waals surface area contributed by atoms with Gasteiger partial charge in [0.15, 0.2) is 0 Å². The number of carbonyl (C=O) groups is 4. The van der Waals surface area contributed by atoms with E-state index in [9.17, 15) is 19.2 Å². The summed E-state index contributed by atoms with van der Waals surface area (Å²) in [6.45, 7) is 3.48. The standard InChI is InChI=1S/C12H16N4O6/c1-3-21-9(17)7-5-8(10(18)22-4-2)16(6-7)15-12(20)14-11(13)19/h5-6H,3-4H2,1-2H3,(H4,13,14,15,19,20). The molecule has 0 aromatic carbocycles. The van der Waals surface area contributed by atoms with Crippen molar-refractivity contribution >= 4 is 24.0 Å². The van der Waals surface area contributed by atoms with Gasteiger partial charge in [-0.2, -0.15) is 0 Å². The molecule has 0 unspecified atom stereocenters. The lowest BCUT2D eigenvalue weighted by Crippen LogP contribution is -2.41. The molecule has 0 saturated carbocycles. The van der Waals surface area contributed by atoms with Gasteiger partial charge in [0.25, 0.3) is 0 Å². The number of ether oxygens (including phenoxy) is 2. The Morgan fingerprint density at radius 1 is 1.14 bits per heavy atom. The highest BCUT2D eigenvalue weighted by Gasteiger charge is 2.20. The summed E-state index contributed by atoms with van der Waals surface area (Å²) in [5.74, 6) is -1.44. The Hall–Kier alpha value is -3.04. The maximum Gasteiger partial charge on any atom is 0.356 e. The SMILES string of the molecule is CCOC(=O)c1cc(C(=O)OCC)n(NC(=O)NC(N)=O)c1. The molecule has 0 aliphatic heterocycles. The quantitative estimate of drug-likeness (QED) is 0.662. The molecular weight excluding hydrogens is 296 g/mol. The zero-order chi connectivity index (χ0) is 16.7. The molecule has 0 atom stereocenters. The molecule has 4 amide bonds. The van der Waals surface area contributed by atoms with Gasteiger partial charge < -0.3 is 15.2 Å². The first-order valence-corrected chi connectivity index (χ1v) is 6.33. The van der Waals surface area contributed by atoms with Gasteiger partial charge in [-0.1, -0.05) is 0 Å². The summed E-state index contributed by atoms with van der Waals surface area (Å²) < 4.78 is 10.5. The van der Waals surface area contributed by atoms with Crippen LogP contribution in [0, 0.1) is 0 Å². The predicted molar refractivity (Wildman–Crippen MR) is 73.8 cm³/mol. The van der Waals surface area contributed by atoms with Crippen LogP contribution in [-0.2, 0) is 9.47 Å². The van der Waals surface area contributed by atoms with Gasteiger partial charge in [0.05, 0.1) is 18.8 Å². The van der Waals surface area contributed by atoms with Gasteiger partial charge >= 0.3 is 24.0 Å². The van der Waals surface area contributed by atoms with E-state index >= 15 is 0 Å². The zero-order valence-electron chi connectivity index (χ0n) is 12.0. The fraction of sp³-hybridized carbons (Fsp3) is 0.333. The molecule has 1 aromatic heterocycles. The molecule has 10 nitrogen and oxygen atoms in total. The second-order valence-corrected chi connectivity index (χ2v) is 3.86. The Labute approximate surface area is 125 Å². The van der Waals surface area contributed by atoms with E-state index in [2.05, 4.69) is 5.43 Å². The third kappa shape index (κ3) is 4.51. The largest absolute Gasteiger partial charge is 0.462 e. The van der Waals surface area contributed by atoms with Crippen molar-refractivity contribution in [3.8, 4) is 0 Å². The number of carbonyl (C=O) groups excluding carboxylic acids is 4. The van der Waals surface area contributed by atoms with Crippen molar-refractivity contribution in [1.82, 2.24) is 9.99 Å². The van der Waals surface area contributed by atoms with Gasteiger partial charge in [-0.05, 0) is 19.9 Å². The summed E-state index contributed by atoms with van der Waals surface area (Å²) in [4.78, 5) is 45.5. The number of hydrogen-bond acceptors (Lipinski definition) is 6. The summed E-state index contributed by atoms with van der Waals surface area (Å²) >= 11 is 0. The van der Waals surface area contributed by atoms with E-state index in [1.807, 2.05) is 0 Å². The number of imide groups is 1. The van der Waals surface area contributed by atoms with Gasteiger partial charge in [-0.3, -0.25) is 9.99 Å². The number of nitrogens with zero attached hydrogens (tertiary/aromatic N) is 1. The van der Waals surface area contributed by atoms with Crippen molar-refractivity contribution in [2.75, 3.05) is 18.6 Å². The van der Waals surface area contributed by atoms with E-state index in [4.69, 9.17) is 15.2 Å². The second-order valence-electron chi connectivity index (χ2n) is 3.86. The van der Waals surface area contributed by atoms with Crippen molar-refractivity contribution in [1.29, 1.82) is 0 Å². The molecule has 0 fully saturated rings. The van der Waals surface area contributed by atoms with Crippen molar-refractivity contribution in [2.45, 2.75) is 13.8 Å². The minimum atomic E-state index is -1.08. The summed E-state index contributed by atoms with van der Waals surface area (Å²) in [5, 5.41) is 1.75. The fourth-order valence-electron chi connectivity index (χ4n) is 1.49. The van der Waals surface area contributed by atoms with Crippen LogP contribution >= 0.6 is 0 Å². The van der Waals surface area contributed by atoms with Crippen LogP contribution in [0.4, 0.5) is 9.59 Å². The molecule has 0 saturated heterocycles. The summed E-state index contributed by atoms with van der Waals surface area (Å²) in [6.07, 6.45) is 1.16. The Bertz CT molecular complexity index is 594. The summed E-state index contributed by atoms with van der Waals surface area (Å²) in [7, 11) is 0. The minimum Gasteiger partial charge on any atom is -0.462 e. The average Bonchev–Trinajstić information content (AvgIpc) is 2.82. The Morgan fingerprint density at radius 3 is 2.27 bits per heavy atom. The number of nitrogens with one attached hydrogen (secondary N) is 2. The predicted octanol–water partition coefficient (Wildman–Crippen LogP) is 0.173. The molecule has 120 valence electrons. The highest BCUT2D eigenvalue weighted by atomic mass is 16.5. The van der Waals surface area contributed by atoms with Crippen LogP contribution < -0.4 is 16.5 Å². The Kier molecular flexibility index (Phi) is 5.93. The summed E-state index contributed by atoms with van der Waals surface area (Å²) in [6, 6.07) is -0.863. The van der Waals surface area contributed by atoms with Gasteiger partial charge in [0.2, 0.25) is 0 Å². The molecule has 0 radical (unpaired) electrons. The highest BCUT2D eigenvalue weighted by molar-refractivity contribution is 5.99. The van der Waals surface area contributed by atoms with Crippen LogP contribution in [0.5, 0.6) is 0 Å². The molecule has 1 rings (SSSR count). The van der Waals surface area contributed by atoms with E-state index in [0.717, 1.165) is 10.9 Å². The molecule has 22 heavy (non-hydrogen) atoms. The normalized spacial score (nSPS) is 9.73. The highest BCUT2D eigenvalue weighted by Crippen LogP contribution is 2.10. The first kappa shape index (κ1) is 17.0. The number of urea groups is 2. The van der Waals surface area contributed by atoms with Gasteiger partial charge in [-0.15, -0.1) is 0 Å². The summed E-state index contributed by atoms with van der Waals surface area (Å²) in [5.41, 5.74) is 6.87. The first-order chi connectivity index (χ1) is 10.4. The Balaban J connectivity index is 3.05. The van der Waals surface area contributed by atoms with Gasteiger partial charge in [0.1, 0.15) is 5.69 Å².